The van der Waals surface area contributed by atoms with Crippen molar-refractivity contribution in [1.82, 2.24) is 0 Å². The molecule has 0 heterocycles. The van der Waals surface area contributed by atoms with E-state index in [4.69, 9.17) is 0 Å². The summed E-state index contributed by atoms with van der Waals surface area (Å²) in [4.78, 5) is 0. The van der Waals surface area contributed by atoms with E-state index in [9.17, 15) is 0 Å². The summed E-state index contributed by atoms with van der Waals surface area (Å²) in [6, 6.07) is 1.12. The lowest BCUT2D eigenvalue weighted by Crippen LogP contribution is -2.35. The number of unbranched alkanes of at least 4 members (excludes halogenated alkanes) is 2. The van der Waals surface area contributed by atoms with Crippen LogP contribution in [-0.2, 0) is 0 Å². The van der Waals surface area contributed by atoms with Crippen molar-refractivity contribution in [3.05, 3.63) is 0 Å². The van der Waals surface area contributed by atoms with Gasteiger partial charge in [-0.15, -0.1) is 0 Å². The van der Waals surface area contributed by atoms with E-state index in [1.807, 2.05) is 27.7 Å². The average Bonchev–Trinajstić information content (AvgIpc) is 2.40. The van der Waals surface area contributed by atoms with Gasteiger partial charge in [0.1, 0.15) is 0 Å². The predicted molar refractivity (Wildman–Crippen MR) is 91.1 cm³/mol. The lowest BCUT2D eigenvalue weighted by atomic mass is 10.4. The van der Waals surface area contributed by atoms with Crippen molar-refractivity contribution in [2.24, 2.45) is 0 Å². The maximum Gasteiger partial charge on any atom is 0.324 e. The summed E-state index contributed by atoms with van der Waals surface area (Å²) in [7, 11) is -6.22. The first kappa shape index (κ1) is 19.9. The van der Waals surface area contributed by atoms with Gasteiger partial charge in [-0.05, 0) is 23.2 Å². The van der Waals surface area contributed by atoms with Gasteiger partial charge in [0.25, 0.3) is 0 Å². The Morgan fingerprint density at radius 1 is 0.750 bits per heavy atom. The fourth-order valence-electron chi connectivity index (χ4n) is 2.07. The molecule has 0 aromatic carbocycles. The van der Waals surface area contributed by atoms with Crippen molar-refractivity contribution in [2.45, 2.75) is 90.4 Å². The van der Waals surface area contributed by atoms with Crippen LogP contribution in [0.4, 0.5) is 8.22 Å². The molecule has 0 rings (SSSR count). The second-order valence-corrected chi connectivity index (χ2v) is 13.8. The summed E-state index contributed by atoms with van der Waals surface area (Å²) in [5.74, 6) is 0. The predicted octanol–water partition coefficient (Wildman–Crippen LogP) is 6.32. The highest BCUT2D eigenvalue weighted by Gasteiger charge is 2.40. The molecule has 0 aromatic heterocycles. The van der Waals surface area contributed by atoms with E-state index in [0.29, 0.717) is 12.1 Å². The number of hydrogen-bond acceptors (Lipinski definition) is 0. The zero-order valence-corrected chi connectivity index (χ0v) is 16.2. The Balaban J connectivity index is 5.16. The molecule has 0 bridgehead atoms. The van der Waals surface area contributed by atoms with Crippen LogP contribution < -0.4 is 0 Å². The third-order valence-corrected chi connectivity index (χ3v) is 11.3. The van der Waals surface area contributed by atoms with Crippen LogP contribution in [0.5, 0.6) is 0 Å². The Morgan fingerprint density at radius 2 is 1.05 bits per heavy atom. The van der Waals surface area contributed by atoms with Gasteiger partial charge in [-0.3, -0.25) is 8.22 Å². The summed E-state index contributed by atoms with van der Waals surface area (Å²) >= 11 is 0. The first-order valence-electron chi connectivity index (χ1n) is 8.14. The summed E-state index contributed by atoms with van der Waals surface area (Å²) < 4.78 is 30.1. The standard InChI is InChI=1S/C16H32F2Si2/c1-7-9-11-19(17,15(3)4)13-14-20(18,16(5)6)12-10-8-2/h15-16H,7-12H2,1-6H3. The van der Waals surface area contributed by atoms with Gasteiger partial charge in [0.2, 0.25) is 0 Å². The number of rotatable bonds is 8. The van der Waals surface area contributed by atoms with E-state index < -0.39 is 16.8 Å². The molecular formula is C16H32F2Si2. The molecule has 4 heteroatoms. The van der Waals surface area contributed by atoms with Crippen LogP contribution in [0.25, 0.3) is 0 Å². The van der Waals surface area contributed by atoms with E-state index in [2.05, 4.69) is 24.9 Å². The SMILES string of the molecule is CCCC[Si](F)(C#C[Si](F)(CCCC)C(C)C)C(C)C. The molecule has 0 saturated carbocycles. The van der Waals surface area contributed by atoms with Crippen LogP contribution in [0.2, 0.25) is 23.2 Å². The topological polar surface area (TPSA) is 0 Å². The van der Waals surface area contributed by atoms with Crippen molar-refractivity contribution in [2.75, 3.05) is 0 Å². The summed E-state index contributed by atoms with van der Waals surface area (Å²) in [6.07, 6.45) is 3.69. The van der Waals surface area contributed by atoms with Crippen molar-refractivity contribution < 1.29 is 8.22 Å². The van der Waals surface area contributed by atoms with Crippen LogP contribution >= 0.6 is 0 Å². The number of hydrogen-bond donors (Lipinski definition) is 0. The normalized spacial score (nSPS) is 17.5. The monoisotopic (exact) mass is 318 g/mol. The highest BCUT2D eigenvalue weighted by Crippen LogP contribution is 2.31. The average molecular weight is 319 g/mol. The van der Waals surface area contributed by atoms with E-state index in [-0.39, 0.29) is 11.1 Å². The van der Waals surface area contributed by atoms with Gasteiger partial charge in [0.15, 0.2) is 0 Å². The fraction of sp³-hybridized carbons (Fsp3) is 0.875. The van der Waals surface area contributed by atoms with Crippen LogP contribution in [0.3, 0.4) is 0 Å². The molecule has 0 aromatic rings. The largest absolute Gasteiger partial charge is 0.324 e. The van der Waals surface area contributed by atoms with Gasteiger partial charge in [-0.25, -0.2) is 0 Å². The molecule has 2 atom stereocenters. The Morgan fingerprint density at radius 3 is 1.25 bits per heavy atom. The van der Waals surface area contributed by atoms with Crippen LogP contribution in [0, 0.1) is 11.1 Å². The number of halogens is 2. The quantitative estimate of drug-likeness (QED) is 0.279. The van der Waals surface area contributed by atoms with Crippen molar-refractivity contribution in [1.29, 1.82) is 0 Å². The maximum atomic E-state index is 15.0. The molecule has 0 aliphatic carbocycles. The van der Waals surface area contributed by atoms with Gasteiger partial charge in [-0.1, -0.05) is 78.3 Å². The zero-order valence-electron chi connectivity index (χ0n) is 14.2. The maximum absolute atomic E-state index is 15.0. The molecule has 0 amide bonds. The van der Waals surface area contributed by atoms with Gasteiger partial charge in [0.05, 0.1) is 0 Å². The summed E-state index contributed by atoms with van der Waals surface area (Å²) in [5.41, 5.74) is 5.65. The Hall–Kier alpha value is -0.146. The molecular weight excluding hydrogens is 286 g/mol. The van der Waals surface area contributed by atoms with Crippen LogP contribution in [0.1, 0.15) is 67.2 Å². The lowest BCUT2D eigenvalue weighted by Gasteiger charge is -2.23. The van der Waals surface area contributed by atoms with Gasteiger partial charge in [0, 0.05) is 0 Å². The molecule has 0 fully saturated rings. The van der Waals surface area contributed by atoms with Crippen molar-refractivity contribution >= 4 is 16.8 Å². The Labute approximate surface area is 127 Å². The Kier molecular flexibility index (Phi) is 8.93. The van der Waals surface area contributed by atoms with E-state index >= 15 is 8.22 Å². The van der Waals surface area contributed by atoms with E-state index in [0.717, 1.165) is 25.7 Å². The molecule has 118 valence electrons. The van der Waals surface area contributed by atoms with Crippen molar-refractivity contribution in [3.8, 4) is 11.1 Å². The fourth-order valence-corrected chi connectivity index (χ4v) is 7.45. The third-order valence-electron chi connectivity index (χ3n) is 4.10. The zero-order chi connectivity index (χ0) is 15.8. The molecule has 2 unspecified atom stereocenters. The summed E-state index contributed by atoms with van der Waals surface area (Å²) in [5, 5.41) is 0. The molecule has 0 N–H and O–H groups in total. The molecule has 0 radical (unpaired) electrons. The first-order valence-corrected chi connectivity index (χ1v) is 12.5. The summed E-state index contributed by atoms with van der Waals surface area (Å²) in [6.45, 7) is 11.7. The molecule has 0 saturated heterocycles. The van der Waals surface area contributed by atoms with E-state index in [1.54, 1.807) is 0 Å². The van der Waals surface area contributed by atoms with Crippen LogP contribution in [0.15, 0.2) is 0 Å². The molecule has 0 spiro atoms. The minimum Gasteiger partial charge on any atom is -0.297 e. The molecule has 0 nitrogen and oxygen atoms in total. The molecule has 0 aliphatic rings. The van der Waals surface area contributed by atoms with Gasteiger partial charge in [-0.2, -0.15) is 0 Å². The second-order valence-electron chi connectivity index (χ2n) is 6.49. The highest BCUT2D eigenvalue weighted by atomic mass is 28.4. The minimum atomic E-state index is -3.11. The Bertz CT molecular complexity index is 303. The molecule has 20 heavy (non-hydrogen) atoms. The third kappa shape index (κ3) is 6.09. The second kappa shape index (κ2) is 8.99. The van der Waals surface area contributed by atoms with Gasteiger partial charge >= 0.3 is 16.8 Å². The van der Waals surface area contributed by atoms with Gasteiger partial charge < -0.3 is 0 Å². The smallest absolute Gasteiger partial charge is 0.297 e. The van der Waals surface area contributed by atoms with E-state index in [1.165, 1.54) is 0 Å². The van der Waals surface area contributed by atoms with Crippen LogP contribution in [-0.4, -0.2) is 16.8 Å². The van der Waals surface area contributed by atoms with Crippen molar-refractivity contribution in [3.63, 3.8) is 0 Å². The highest BCUT2D eigenvalue weighted by molar-refractivity contribution is 6.87. The minimum absolute atomic E-state index is 0.0434. The molecule has 0 aliphatic heterocycles. The lowest BCUT2D eigenvalue weighted by molar-refractivity contribution is 0.707. The first-order chi connectivity index (χ1) is 9.22.